The Balaban J connectivity index is 1.62. The van der Waals surface area contributed by atoms with E-state index in [0.717, 1.165) is 5.69 Å². The number of hydrogen-bond acceptors (Lipinski definition) is 4. The molecule has 2 aromatic carbocycles. The standard InChI is InChI=1S/C18H19ClN2O4S/c1-25-16-6-8-17(9-7-16)26(23,24)20-11-13-10-18(22)21(12-13)15-4-2-14(19)3-5-15/h2-9,13,20H,10-12H2,1H3/t13-/m0/s1. The summed E-state index contributed by atoms with van der Waals surface area (Å²) in [6, 6.07) is 13.2. The molecule has 1 atom stereocenters. The maximum absolute atomic E-state index is 12.4. The molecule has 8 heteroatoms. The highest BCUT2D eigenvalue weighted by atomic mass is 35.5. The first-order valence-electron chi connectivity index (χ1n) is 8.09. The number of halogens is 1. The van der Waals surface area contributed by atoms with Crippen molar-refractivity contribution in [2.45, 2.75) is 11.3 Å². The van der Waals surface area contributed by atoms with Gasteiger partial charge >= 0.3 is 0 Å². The highest BCUT2D eigenvalue weighted by molar-refractivity contribution is 7.89. The van der Waals surface area contributed by atoms with Crippen LogP contribution in [0.5, 0.6) is 5.75 Å². The minimum atomic E-state index is -3.63. The summed E-state index contributed by atoms with van der Waals surface area (Å²) in [5.41, 5.74) is 0.764. The zero-order valence-corrected chi connectivity index (χ0v) is 15.8. The van der Waals surface area contributed by atoms with Gasteiger partial charge in [-0.1, -0.05) is 11.6 Å². The second-order valence-corrected chi connectivity index (χ2v) is 8.28. The van der Waals surface area contributed by atoms with Crippen molar-refractivity contribution in [3.8, 4) is 5.75 Å². The SMILES string of the molecule is COc1ccc(S(=O)(=O)NC[C@@H]2CC(=O)N(c3ccc(Cl)cc3)C2)cc1. The van der Waals surface area contributed by atoms with Gasteiger partial charge in [-0.25, -0.2) is 13.1 Å². The third-order valence-electron chi connectivity index (χ3n) is 4.28. The predicted octanol–water partition coefficient (Wildman–Crippen LogP) is 2.68. The van der Waals surface area contributed by atoms with Crippen LogP contribution in [0, 0.1) is 5.92 Å². The molecule has 3 rings (SSSR count). The van der Waals surface area contributed by atoms with Gasteiger partial charge in [0, 0.05) is 30.2 Å². The minimum absolute atomic E-state index is 0.0269. The lowest BCUT2D eigenvalue weighted by molar-refractivity contribution is -0.117. The van der Waals surface area contributed by atoms with Crippen LogP contribution in [0.1, 0.15) is 6.42 Å². The van der Waals surface area contributed by atoms with Crippen LogP contribution in [0.2, 0.25) is 5.02 Å². The molecule has 1 aliphatic heterocycles. The fourth-order valence-electron chi connectivity index (χ4n) is 2.85. The summed E-state index contributed by atoms with van der Waals surface area (Å²) >= 11 is 5.87. The Kier molecular flexibility index (Phi) is 5.50. The Morgan fingerprint density at radius 3 is 2.42 bits per heavy atom. The van der Waals surface area contributed by atoms with E-state index in [0.29, 0.717) is 23.7 Å². The van der Waals surface area contributed by atoms with Gasteiger partial charge in [-0.3, -0.25) is 4.79 Å². The summed E-state index contributed by atoms with van der Waals surface area (Å²) in [6.45, 7) is 0.662. The topological polar surface area (TPSA) is 75.7 Å². The summed E-state index contributed by atoms with van der Waals surface area (Å²) in [5.74, 6) is 0.469. The van der Waals surface area contributed by atoms with Crippen LogP contribution >= 0.6 is 11.6 Å². The van der Waals surface area contributed by atoms with Gasteiger partial charge in [0.1, 0.15) is 5.75 Å². The van der Waals surface area contributed by atoms with E-state index < -0.39 is 10.0 Å². The molecule has 1 amide bonds. The summed E-state index contributed by atoms with van der Waals surface area (Å²) in [5, 5.41) is 0.601. The molecule has 0 saturated carbocycles. The first-order valence-corrected chi connectivity index (χ1v) is 9.95. The second kappa shape index (κ2) is 7.65. The van der Waals surface area contributed by atoms with Crippen molar-refractivity contribution in [1.29, 1.82) is 0 Å². The molecular formula is C18H19ClN2O4S. The van der Waals surface area contributed by atoms with Gasteiger partial charge in [-0.2, -0.15) is 0 Å². The fraction of sp³-hybridized carbons (Fsp3) is 0.278. The lowest BCUT2D eigenvalue weighted by Crippen LogP contribution is -2.31. The van der Waals surface area contributed by atoms with Crippen LogP contribution in [0.15, 0.2) is 53.4 Å². The normalized spacial score (nSPS) is 17.5. The van der Waals surface area contributed by atoms with E-state index in [-0.39, 0.29) is 23.3 Å². The number of hydrogen-bond donors (Lipinski definition) is 1. The molecule has 1 saturated heterocycles. The van der Waals surface area contributed by atoms with Crippen molar-refractivity contribution in [3.05, 3.63) is 53.6 Å². The molecule has 0 spiro atoms. The first kappa shape index (κ1) is 18.7. The number of carbonyl (C=O) groups is 1. The summed E-state index contributed by atoms with van der Waals surface area (Å²) in [6.07, 6.45) is 0.299. The fourth-order valence-corrected chi connectivity index (χ4v) is 4.10. The molecule has 6 nitrogen and oxygen atoms in total. The van der Waals surface area contributed by atoms with Crippen molar-refractivity contribution >= 4 is 33.2 Å². The van der Waals surface area contributed by atoms with Gasteiger partial charge in [0.25, 0.3) is 0 Å². The number of amides is 1. The second-order valence-electron chi connectivity index (χ2n) is 6.08. The molecule has 138 valence electrons. The van der Waals surface area contributed by atoms with E-state index in [9.17, 15) is 13.2 Å². The number of ether oxygens (including phenoxy) is 1. The number of nitrogens with zero attached hydrogens (tertiary/aromatic N) is 1. The summed E-state index contributed by atoms with van der Waals surface area (Å²) in [4.78, 5) is 14.1. The van der Waals surface area contributed by atoms with Crippen LogP contribution in [0.25, 0.3) is 0 Å². The van der Waals surface area contributed by atoms with Gasteiger partial charge in [0.15, 0.2) is 0 Å². The van der Waals surface area contributed by atoms with E-state index in [1.807, 2.05) is 0 Å². The van der Waals surface area contributed by atoms with E-state index in [1.165, 1.54) is 19.2 Å². The molecule has 0 unspecified atom stereocenters. The Hall–Kier alpha value is -2.09. The van der Waals surface area contributed by atoms with Gasteiger partial charge in [-0.15, -0.1) is 0 Å². The third-order valence-corrected chi connectivity index (χ3v) is 5.97. The highest BCUT2D eigenvalue weighted by Gasteiger charge is 2.31. The zero-order chi connectivity index (χ0) is 18.7. The summed E-state index contributed by atoms with van der Waals surface area (Å²) < 4.78 is 32.4. The molecular weight excluding hydrogens is 376 g/mol. The van der Waals surface area contributed by atoms with Crippen LogP contribution in [0.4, 0.5) is 5.69 Å². The monoisotopic (exact) mass is 394 g/mol. The molecule has 0 aromatic heterocycles. The van der Waals surface area contributed by atoms with Gasteiger partial charge in [-0.05, 0) is 54.4 Å². The number of anilines is 1. The quantitative estimate of drug-likeness (QED) is 0.817. The average Bonchev–Trinajstić information content (AvgIpc) is 3.02. The van der Waals surface area contributed by atoms with Gasteiger partial charge in [0.2, 0.25) is 15.9 Å². The molecule has 1 fully saturated rings. The van der Waals surface area contributed by atoms with E-state index >= 15 is 0 Å². The first-order chi connectivity index (χ1) is 12.4. The molecule has 0 radical (unpaired) electrons. The Morgan fingerprint density at radius 1 is 1.15 bits per heavy atom. The smallest absolute Gasteiger partial charge is 0.240 e. The number of benzene rings is 2. The lowest BCUT2D eigenvalue weighted by Gasteiger charge is -2.17. The van der Waals surface area contributed by atoms with Crippen LogP contribution in [-0.2, 0) is 14.8 Å². The maximum Gasteiger partial charge on any atom is 0.240 e. The number of carbonyl (C=O) groups excluding carboxylic acids is 1. The van der Waals surface area contributed by atoms with E-state index in [1.54, 1.807) is 41.3 Å². The Bertz CT molecular complexity index is 882. The van der Waals surface area contributed by atoms with Crippen molar-refractivity contribution < 1.29 is 17.9 Å². The number of rotatable bonds is 6. The number of nitrogens with one attached hydrogen (secondary N) is 1. The minimum Gasteiger partial charge on any atom is -0.497 e. The number of sulfonamides is 1. The van der Waals surface area contributed by atoms with Crippen molar-refractivity contribution in [2.24, 2.45) is 5.92 Å². The van der Waals surface area contributed by atoms with Gasteiger partial charge in [0.05, 0.1) is 12.0 Å². The van der Waals surface area contributed by atoms with Gasteiger partial charge < -0.3 is 9.64 Å². The lowest BCUT2D eigenvalue weighted by atomic mass is 10.1. The van der Waals surface area contributed by atoms with Crippen LogP contribution in [0.3, 0.4) is 0 Å². The largest absolute Gasteiger partial charge is 0.497 e. The van der Waals surface area contributed by atoms with Crippen LogP contribution in [-0.4, -0.2) is 34.5 Å². The van der Waals surface area contributed by atoms with Crippen molar-refractivity contribution in [2.75, 3.05) is 25.1 Å². The van der Waals surface area contributed by atoms with Crippen LogP contribution < -0.4 is 14.4 Å². The van der Waals surface area contributed by atoms with E-state index in [4.69, 9.17) is 16.3 Å². The molecule has 0 bridgehead atoms. The molecule has 1 N–H and O–H groups in total. The zero-order valence-electron chi connectivity index (χ0n) is 14.2. The highest BCUT2D eigenvalue weighted by Crippen LogP contribution is 2.26. The molecule has 1 aliphatic rings. The summed E-state index contributed by atoms with van der Waals surface area (Å²) in [7, 11) is -2.11. The molecule has 1 heterocycles. The molecule has 2 aromatic rings. The predicted molar refractivity (Wildman–Crippen MR) is 100 cm³/mol. The third kappa shape index (κ3) is 4.17. The number of methoxy groups -OCH3 is 1. The maximum atomic E-state index is 12.4. The van der Waals surface area contributed by atoms with Crippen molar-refractivity contribution in [1.82, 2.24) is 4.72 Å². The molecule has 0 aliphatic carbocycles. The average molecular weight is 395 g/mol. The Labute approximate surface area is 157 Å². The van der Waals surface area contributed by atoms with Crippen molar-refractivity contribution in [3.63, 3.8) is 0 Å². The molecule has 26 heavy (non-hydrogen) atoms. The van der Waals surface area contributed by atoms with E-state index in [2.05, 4.69) is 4.72 Å². The Morgan fingerprint density at radius 2 is 1.81 bits per heavy atom.